The van der Waals surface area contributed by atoms with Gasteiger partial charge >= 0.3 is 0 Å². The third-order valence-corrected chi connectivity index (χ3v) is 5.58. The Hall–Kier alpha value is -0.383. The maximum absolute atomic E-state index is 11.9. The van der Waals surface area contributed by atoms with E-state index in [0.717, 1.165) is 16.2 Å². The van der Waals surface area contributed by atoms with Gasteiger partial charge in [-0.1, -0.05) is 19.6 Å². The molecule has 0 unspecified atom stereocenters. The van der Waals surface area contributed by atoms with Crippen molar-refractivity contribution < 1.29 is 4.74 Å². The van der Waals surface area contributed by atoms with Crippen molar-refractivity contribution in [3.8, 4) is 0 Å². The topological polar surface area (TPSA) is 59.9 Å². The summed E-state index contributed by atoms with van der Waals surface area (Å²) in [6.45, 7) is 8.04. The van der Waals surface area contributed by atoms with Gasteiger partial charge in [0.15, 0.2) is 5.65 Å². The van der Waals surface area contributed by atoms with Crippen LogP contribution in [0.1, 0.15) is 0 Å². The number of hydrogen-bond acceptors (Lipinski definition) is 3. The monoisotopic (exact) mass is 425 g/mol. The molecule has 0 bridgehead atoms. The molecule has 5 nitrogen and oxygen atoms in total. The van der Waals surface area contributed by atoms with Crippen molar-refractivity contribution in [3.63, 3.8) is 0 Å². The molecule has 1 N–H and O–H groups in total. The Kier molecular flexibility index (Phi) is 4.93. The molecule has 0 saturated heterocycles. The summed E-state index contributed by atoms with van der Waals surface area (Å²) in [4.78, 5) is 18.5. The fraction of sp³-hybridized carbons (Fsp3) is 0.500. The standard InChI is InChI=1S/C12H17ClIN3O2Si/c1-20(2,3)5-4-19-7-17-6-8(14)9-10(17)15-12(13)16-11(9)18/h6H,4-5,7H2,1-3H3,(H,15,16,18). The van der Waals surface area contributed by atoms with E-state index in [1.807, 2.05) is 10.8 Å². The summed E-state index contributed by atoms with van der Waals surface area (Å²) in [5, 5.41) is 0.657. The first-order valence-corrected chi connectivity index (χ1v) is 11.5. The summed E-state index contributed by atoms with van der Waals surface area (Å²) in [6, 6.07) is 1.11. The molecular formula is C12H17ClIN3O2Si. The first-order chi connectivity index (χ1) is 9.28. The Morgan fingerprint density at radius 3 is 2.85 bits per heavy atom. The van der Waals surface area contributed by atoms with Gasteiger partial charge in [-0.3, -0.25) is 9.78 Å². The third kappa shape index (κ3) is 3.83. The van der Waals surface area contributed by atoms with Crippen molar-refractivity contribution in [2.24, 2.45) is 0 Å². The lowest BCUT2D eigenvalue weighted by Gasteiger charge is -2.15. The average molecular weight is 426 g/mol. The number of H-pyrrole nitrogens is 1. The Bertz CT molecular complexity index is 678. The van der Waals surface area contributed by atoms with Crippen LogP contribution in [-0.2, 0) is 11.5 Å². The van der Waals surface area contributed by atoms with Crippen LogP contribution in [0.4, 0.5) is 0 Å². The number of nitrogens with zero attached hydrogens (tertiary/aromatic N) is 2. The fourth-order valence-electron chi connectivity index (χ4n) is 1.76. The normalized spacial score (nSPS) is 12.2. The van der Waals surface area contributed by atoms with Crippen LogP contribution in [0.15, 0.2) is 11.0 Å². The number of hydrogen-bond donors (Lipinski definition) is 1. The van der Waals surface area contributed by atoms with Gasteiger partial charge in [-0.2, -0.15) is 0 Å². The van der Waals surface area contributed by atoms with E-state index in [1.165, 1.54) is 0 Å². The zero-order chi connectivity index (χ0) is 14.9. The second-order valence-electron chi connectivity index (χ2n) is 5.85. The number of aromatic amines is 1. The van der Waals surface area contributed by atoms with Crippen molar-refractivity contribution in [1.82, 2.24) is 14.5 Å². The molecule has 0 aliphatic rings. The lowest BCUT2D eigenvalue weighted by Crippen LogP contribution is -2.22. The molecule has 8 heteroatoms. The summed E-state index contributed by atoms with van der Waals surface area (Å²) in [6.07, 6.45) is 1.86. The van der Waals surface area contributed by atoms with Crippen LogP contribution in [0.25, 0.3) is 11.0 Å². The quantitative estimate of drug-likeness (QED) is 0.346. The zero-order valence-electron chi connectivity index (χ0n) is 11.7. The van der Waals surface area contributed by atoms with Gasteiger partial charge in [0.05, 0.1) is 5.39 Å². The van der Waals surface area contributed by atoms with Gasteiger partial charge in [0.25, 0.3) is 5.56 Å². The van der Waals surface area contributed by atoms with Crippen molar-refractivity contribution in [1.29, 1.82) is 0 Å². The molecule has 0 radical (unpaired) electrons. The number of rotatable bonds is 5. The van der Waals surface area contributed by atoms with E-state index in [9.17, 15) is 4.79 Å². The molecule has 20 heavy (non-hydrogen) atoms. The highest BCUT2D eigenvalue weighted by Gasteiger charge is 2.14. The van der Waals surface area contributed by atoms with Crippen LogP contribution < -0.4 is 5.56 Å². The molecule has 0 aliphatic carbocycles. The van der Waals surface area contributed by atoms with Crippen LogP contribution >= 0.6 is 34.2 Å². The Labute approximate surface area is 136 Å². The van der Waals surface area contributed by atoms with Crippen LogP contribution in [-0.4, -0.2) is 29.2 Å². The van der Waals surface area contributed by atoms with Gasteiger partial charge in [-0.05, 0) is 40.2 Å². The number of ether oxygens (including phenoxy) is 1. The molecule has 2 aromatic rings. The minimum atomic E-state index is -1.09. The molecule has 2 heterocycles. The predicted molar refractivity (Wildman–Crippen MR) is 92.2 cm³/mol. The summed E-state index contributed by atoms with van der Waals surface area (Å²) < 4.78 is 8.36. The highest BCUT2D eigenvalue weighted by atomic mass is 127. The summed E-state index contributed by atoms with van der Waals surface area (Å²) >= 11 is 7.93. The largest absolute Gasteiger partial charge is 0.361 e. The van der Waals surface area contributed by atoms with Gasteiger partial charge in [-0.15, -0.1) is 0 Å². The molecule has 0 aliphatic heterocycles. The molecule has 2 aromatic heterocycles. The minimum Gasteiger partial charge on any atom is -0.361 e. The Morgan fingerprint density at radius 1 is 1.50 bits per heavy atom. The Balaban J connectivity index is 2.17. The molecule has 0 amide bonds. The second-order valence-corrected chi connectivity index (χ2v) is 13.0. The molecule has 0 fully saturated rings. The van der Waals surface area contributed by atoms with E-state index < -0.39 is 8.07 Å². The van der Waals surface area contributed by atoms with Gasteiger partial charge in [0.1, 0.15) is 6.73 Å². The van der Waals surface area contributed by atoms with E-state index in [4.69, 9.17) is 16.3 Å². The van der Waals surface area contributed by atoms with Crippen molar-refractivity contribution >= 4 is 53.3 Å². The minimum absolute atomic E-state index is 0.0975. The van der Waals surface area contributed by atoms with E-state index in [-0.39, 0.29) is 10.8 Å². The maximum atomic E-state index is 11.9. The molecule has 0 spiro atoms. The molecule has 0 atom stereocenters. The van der Waals surface area contributed by atoms with E-state index >= 15 is 0 Å². The van der Waals surface area contributed by atoms with Crippen molar-refractivity contribution in [2.75, 3.05) is 6.61 Å². The summed E-state index contributed by atoms with van der Waals surface area (Å²) in [7, 11) is -1.09. The SMILES string of the molecule is C[Si](C)(C)CCOCn1cc(I)c2c(=O)[nH]c(Cl)nc21. The molecule has 0 saturated carbocycles. The van der Waals surface area contributed by atoms with Crippen LogP contribution in [0.3, 0.4) is 0 Å². The number of aromatic nitrogens is 3. The molecule has 110 valence electrons. The summed E-state index contributed by atoms with van der Waals surface area (Å²) in [5.41, 5.74) is 0.349. The molecule has 0 aromatic carbocycles. The Morgan fingerprint density at radius 2 is 2.20 bits per heavy atom. The lowest BCUT2D eigenvalue weighted by atomic mass is 10.4. The van der Waals surface area contributed by atoms with Gasteiger partial charge in [0.2, 0.25) is 5.28 Å². The maximum Gasteiger partial charge on any atom is 0.262 e. The third-order valence-electron chi connectivity index (χ3n) is 2.88. The number of fused-ring (bicyclic) bond motifs is 1. The van der Waals surface area contributed by atoms with Crippen LogP contribution in [0, 0.1) is 3.57 Å². The van der Waals surface area contributed by atoms with Gasteiger partial charge in [-0.25, -0.2) is 4.98 Å². The second kappa shape index (κ2) is 6.16. The van der Waals surface area contributed by atoms with Crippen molar-refractivity contribution in [3.05, 3.63) is 25.4 Å². The predicted octanol–water partition coefficient (Wildman–Crippen LogP) is 3.29. The average Bonchev–Trinajstić information content (AvgIpc) is 2.60. The summed E-state index contributed by atoms with van der Waals surface area (Å²) in [5.74, 6) is 0. The first-order valence-electron chi connectivity index (χ1n) is 6.30. The van der Waals surface area contributed by atoms with Crippen LogP contribution in [0.2, 0.25) is 31.0 Å². The van der Waals surface area contributed by atoms with E-state index in [2.05, 4.69) is 52.2 Å². The zero-order valence-corrected chi connectivity index (χ0v) is 15.6. The van der Waals surface area contributed by atoms with Crippen molar-refractivity contribution in [2.45, 2.75) is 32.4 Å². The van der Waals surface area contributed by atoms with Crippen LogP contribution in [0.5, 0.6) is 0 Å². The lowest BCUT2D eigenvalue weighted by molar-refractivity contribution is 0.0898. The van der Waals surface area contributed by atoms with Gasteiger partial charge in [0, 0.05) is 24.4 Å². The molecular weight excluding hydrogens is 409 g/mol. The number of halogens is 2. The van der Waals surface area contributed by atoms with E-state index in [1.54, 1.807) is 0 Å². The van der Waals surface area contributed by atoms with Gasteiger partial charge < -0.3 is 9.30 Å². The highest BCUT2D eigenvalue weighted by molar-refractivity contribution is 14.1. The highest BCUT2D eigenvalue weighted by Crippen LogP contribution is 2.19. The number of nitrogens with one attached hydrogen (secondary N) is 1. The van der Waals surface area contributed by atoms with E-state index in [0.29, 0.717) is 17.8 Å². The molecule has 2 rings (SSSR count). The fourth-order valence-corrected chi connectivity index (χ4v) is 3.50. The first kappa shape index (κ1) is 16.0. The smallest absolute Gasteiger partial charge is 0.262 e.